The van der Waals surface area contributed by atoms with Gasteiger partial charge in [-0.25, -0.2) is 4.98 Å². The van der Waals surface area contributed by atoms with Crippen molar-refractivity contribution in [3.05, 3.63) is 74.9 Å². The van der Waals surface area contributed by atoms with Gasteiger partial charge in [0.15, 0.2) is 5.16 Å². The number of ether oxygens (including phenoxy) is 2. The second-order valence-electron chi connectivity index (χ2n) is 9.34. The molecule has 1 unspecified atom stereocenters. The van der Waals surface area contributed by atoms with Crippen LogP contribution in [0.1, 0.15) is 29.9 Å². The van der Waals surface area contributed by atoms with Crippen LogP contribution >= 0.6 is 23.1 Å². The van der Waals surface area contributed by atoms with Crippen LogP contribution in [0.4, 0.5) is 5.69 Å². The first-order chi connectivity index (χ1) is 17.9. The zero-order valence-electron chi connectivity index (χ0n) is 21.2. The lowest BCUT2D eigenvalue weighted by atomic mass is 9.96. The minimum atomic E-state index is -0.209. The van der Waals surface area contributed by atoms with E-state index in [4.69, 9.17) is 14.5 Å². The lowest BCUT2D eigenvalue weighted by Crippen LogP contribution is -2.28. The number of aryl methyl sites for hydroxylation is 1. The highest BCUT2D eigenvalue weighted by atomic mass is 32.2. The number of amides is 1. The van der Waals surface area contributed by atoms with Crippen molar-refractivity contribution in [3.8, 4) is 11.4 Å². The molecule has 0 spiro atoms. The van der Waals surface area contributed by atoms with Gasteiger partial charge in [0, 0.05) is 11.3 Å². The van der Waals surface area contributed by atoms with E-state index in [2.05, 4.69) is 19.2 Å². The fourth-order valence-corrected chi connectivity index (χ4v) is 6.49. The third-order valence-electron chi connectivity index (χ3n) is 6.52. The number of carbonyl (C=O) groups is 1. The Hall–Kier alpha value is -3.14. The van der Waals surface area contributed by atoms with Gasteiger partial charge in [-0.2, -0.15) is 0 Å². The molecule has 9 heteroatoms. The van der Waals surface area contributed by atoms with Crippen LogP contribution in [0.25, 0.3) is 15.9 Å². The topological polar surface area (TPSA) is 82.5 Å². The number of nitrogens with zero attached hydrogens (tertiary/aromatic N) is 2. The molecule has 0 saturated heterocycles. The Morgan fingerprint density at radius 3 is 2.76 bits per heavy atom. The van der Waals surface area contributed by atoms with Gasteiger partial charge in [-0.1, -0.05) is 55.9 Å². The summed E-state index contributed by atoms with van der Waals surface area (Å²) in [4.78, 5) is 33.6. The number of carbonyl (C=O) groups excluding carboxylic acids is 1. The van der Waals surface area contributed by atoms with Gasteiger partial charge in [-0.15, -0.1) is 11.3 Å². The first-order valence-electron chi connectivity index (χ1n) is 12.2. The zero-order chi connectivity index (χ0) is 26.1. The van der Waals surface area contributed by atoms with Crippen molar-refractivity contribution in [2.45, 2.75) is 45.1 Å². The van der Waals surface area contributed by atoms with Crippen LogP contribution in [0.3, 0.4) is 0 Å². The fraction of sp³-hybridized carbons (Fsp3) is 0.321. The maximum atomic E-state index is 14.1. The molecule has 0 aliphatic carbocycles. The predicted molar refractivity (Wildman–Crippen MR) is 149 cm³/mol. The van der Waals surface area contributed by atoms with Gasteiger partial charge in [-0.3, -0.25) is 14.2 Å². The van der Waals surface area contributed by atoms with Gasteiger partial charge >= 0.3 is 0 Å². The minimum Gasteiger partial charge on any atom is -0.495 e. The molecular formula is C28H29N3O4S2. The van der Waals surface area contributed by atoms with Crippen LogP contribution in [0.15, 0.2) is 58.5 Å². The normalized spacial score (nSPS) is 15.1. The molecule has 2 aromatic heterocycles. The molecule has 1 aliphatic heterocycles. The van der Waals surface area contributed by atoms with Crippen LogP contribution in [0.2, 0.25) is 0 Å². The highest BCUT2D eigenvalue weighted by Crippen LogP contribution is 2.36. The lowest BCUT2D eigenvalue weighted by molar-refractivity contribution is -0.113. The van der Waals surface area contributed by atoms with Crippen LogP contribution in [0.5, 0.6) is 5.75 Å². The second kappa shape index (κ2) is 10.7. The van der Waals surface area contributed by atoms with Crippen molar-refractivity contribution in [3.63, 3.8) is 0 Å². The standard InChI is InChI=1S/C28H29N3O4S2/c1-16(2)22-13-18-23(14-35-22)37-26-25(18)27(33)31(20-11-7-5-9-17(20)3)28(30-26)36-15-24(32)29-19-10-6-8-12-21(19)34-4/h5-12,16,22H,13-15H2,1-4H3,(H,29,32). The number of rotatable bonds is 7. The molecule has 4 aromatic rings. The summed E-state index contributed by atoms with van der Waals surface area (Å²) >= 11 is 2.76. The minimum absolute atomic E-state index is 0.0735. The number of anilines is 1. The third-order valence-corrected chi connectivity index (χ3v) is 8.56. The summed E-state index contributed by atoms with van der Waals surface area (Å²) in [5.74, 6) is 0.819. The van der Waals surface area contributed by atoms with E-state index in [0.29, 0.717) is 45.8 Å². The number of para-hydroxylation sites is 3. The van der Waals surface area contributed by atoms with Crippen LogP contribution < -0.4 is 15.6 Å². The Labute approximate surface area is 223 Å². The number of thiophene rings is 1. The molecule has 0 fully saturated rings. The van der Waals surface area contributed by atoms with Crippen molar-refractivity contribution in [1.29, 1.82) is 0 Å². The molecule has 5 rings (SSSR count). The van der Waals surface area contributed by atoms with E-state index in [1.165, 1.54) is 23.1 Å². The Morgan fingerprint density at radius 1 is 1.24 bits per heavy atom. The van der Waals surface area contributed by atoms with Gasteiger partial charge in [0.05, 0.1) is 42.3 Å². The molecule has 1 aliphatic rings. The molecule has 192 valence electrons. The maximum Gasteiger partial charge on any atom is 0.267 e. The predicted octanol–water partition coefficient (Wildman–Crippen LogP) is 5.59. The van der Waals surface area contributed by atoms with Gasteiger partial charge in [0.2, 0.25) is 5.91 Å². The monoisotopic (exact) mass is 535 g/mol. The number of nitrogens with one attached hydrogen (secondary N) is 1. The van der Waals surface area contributed by atoms with Crippen molar-refractivity contribution in [2.75, 3.05) is 18.2 Å². The molecule has 2 aromatic carbocycles. The van der Waals surface area contributed by atoms with E-state index < -0.39 is 0 Å². The van der Waals surface area contributed by atoms with Crippen molar-refractivity contribution >= 4 is 44.9 Å². The summed E-state index contributed by atoms with van der Waals surface area (Å²) in [5.41, 5.74) is 3.27. The summed E-state index contributed by atoms with van der Waals surface area (Å²) in [6.07, 6.45) is 0.773. The van der Waals surface area contributed by atoms with E-state index in [1.807, 2.05) is 43.3 Å². The highest BCUT2D eigenvalue weighted by Gasteiger charge is 2.29. The maximum absolute atomic E-state index is 14.1. The average Bonchev–Trinajstić information content (AvgIpc) is 3.26. The van der Waals surface area contributed by atoms with E-state index >= 15 is 0 Å². The van der Waals surface area contributed by atoms with Crippen LogP contribution in [-0.2, 0) is 22.6 Å². The molecule has 0 bridgehead atoms. The Bertz CT molecular complexity index is 1530. The van der Waals surface area contributed by atoms with Crippen LogP contribution in [0, 0.1) is 12.8 Å². The largest absolute Gasteiger partial charge is 0.495 e. The molecule has 0 saturated carbocycles. The first-order valence-corrected chi connectivity index (χ1v) is 14.0. The van der Waals surface area contributed by atoms with E-state index in [-0.39, 0.29) is 23.3 Å². The third kappa shape index (κ3) is 5.03. The quantitative estimate of drug-likeness (QED) is 0.245. The second-order valence-corrected chi connectivity index (χ2v) is 11.4. The van der Waals surface area contributed by atoms with E-state index in [0.717, 1.165) is 21.7 Å². The number of thioether (sulfide) groups is 1. The summed E-state index contributed by atoms with van der Waals surface area (Å²) < 4.78 is 13.1. The number of hydrogen-bond donors (Lipinski definition) is 1. The van der Waals surface area contributed by atoms with Crippen molar-refractivity contribution < 1.29 is 14.3 Å². The van der Waals surface area contributed by atoms with Gasteiger partial charge < -0.3 is 14.8 Å². The molecule has 1 N–H and O–H groups in total. The van der Waals surface area contributed by atoms with Crippen LogP contribution in [-0.4, -0.2) is 34.4 Å². The molecule has 1 amide bonds. The summed E-state index contributed by atoms with van der Waals surface area (Å²) in [5, 5.41) is 4.05. The Balaban J connectivity index is 1.54. The lowest BCUT2D eigenvalue weighted by Gasteiger charge is -2.26. The number of fused-ring (bicyclic) bond motifs is 3. The summed E-state index contributed by atoms with van der Waals surface area (Å²) in [7, 11) is 1.56. The molecule has 37 heavy (non-hydrogen) atoms. The van der Waals surface area contributed by atoms with Crippen molar-refractivity contribution in [2.24, 2.45) is 5.92 Å². The van der Waals surface area contributed by atoms with Gasteiger partial charge in [0.1, 0.15) is 10.6 Å². The Morgan fingerprint density at radius 2 is 2.00 bits per heavy atom. The van der Waals surface area contributed by atoms with E-state index in [1.54, 1.807) is 23.8 Å². The molecule has 7 nitrogen and oxygen atoms in total. The molecule has 1 atom stereocenters. The number of benzene rings is 2. The summed E-state index contributed by atoms with van der Waals surface area (Å²) in [6, 6.07) is 15.0. The number of hydrogen-bond acceptors (Lipinski definition) is 7. The van der Waals surface area contributed by atoms with E-state index in [9.17, 15) is 9.59 Å². The number of aromatic nitrogens is 2. The molecular weight excluding hydrogens is 506 g/mol. The fourth-order valence-electron chi connectivity index (χ4n) is 4.52. The SMILES string of the molecule is COc1ccccc1NC(=O)CSc1nc2sc3c(c2c(=O)n1-c1ccccc1C)CC(C(C)C)OC3. The Kier molecular flexibility index (Phi) is 7.37. The molecule has 3 heterocycles. The first kappa shape index (κ1) is 25.5. The van der Waals surface area contributed by atoms with Crippen molar-refractivity contribution in [1.82, 2.24) is 9.55 Å². The number of methoxy groups -OCH3 is 1. The molecule has 0 radical (unpaired) electrons. The highest BCUT2D eigenvalue weighted by molar-refractivity contribution is 7.99. The zero-order valence-corrected chi connectivity index (χ0v) is 22.9. The van der Waals surface area contributed by atoms with Gasteiger partial charge in [0.25, 0.3) is 5.56 Å². The smallest absolute Gasteiger partial charge is 0.267 e. The average molecular weight is 536 g/mol. The van der Waals surface area contributed by atoms with Gasteiger partial charge in [-0.05, 0) is 42.2 Å². The summed E-state index contributed by atoms with van der Waals surface area (Å²) in [6.45, 7) is 6.74.